The lowest BCUT2D eigenvalue weighted by Gasteiger charge is -2.16. The summed E-state index contributed by atoms with van der Waals surface area (Å²) in [5.74, 6) is 0. The molecule has 0 aromatic heterocycles. The van der Waals surface area contributed by atoms with Gasteiger partial charge in [-0.1, -0.05) is 58.5 Å². The zero-order valence-corrected chi connectivity index (χ0v) is 15.0. The Balaban J connectivity index is 3.83. The lowest BCUT2D eigenvalue weighted by atomic mass is 10.3. The summed E-state index contributed by atoms with van der Waals surface area (Å²) in [7, 11) is 0. The second kappa shape index (κ2) is 10.2. The Morgan fingerprint density at radius 2 is 1.41 bits per heavy atom. The molecule has 17 heavy (non-hydrogen) atoms. The molecule has 0 aliphatic heterocycles. The summed E-state index contributed by atoms with van der Waals surface area (Å²) in [5, 5.41) is 0. The summed E-state index contributed by atoms with van der Waals surface area (Å²) in [6.07, 6.45) is 3.97. The molecule has 0 aliphatic carbocycles. The molecule has 0 amide bonds. The topological polar surface area (TPSA) is 35.5 Å². The van der Waals surface area contributed by atoms with Gasteiger partial charge >= 0.3 is 6.95 Å². The molecule has 0 saturated heterocycles. The highest BCUT2D eigenvalue weighted by Gasteiger charge is 2.23. The van der Waals surface area contributed by atoms with Crippen LogP contribution in [0.15, 0.2) is 0 Å². The van der Waals surface area contributed by atoms with Crippen molar-refractivity contribution in [3.8, 4) is 0 Å². The molecule has 2 unspecified atom stereocenters. The molecule has 0 heterocycles. The van der Waals surface area contributed by atoms with Crippen LogP contribution in [0.25, 0.3) is 0 Å². The quantitative estimate of drug-likeness (QED) is 0.350. The largest absolute Gasteiger partial charge is 0.424 e. The Hall–Kier alpha value is 1.40. The Labute approximate surface area is 126 Å². The fraction of sp³-hybridized carbons (Fsp3) is 1.00. The molecule has 0 aliphatic rings. The van der Waals surface area contributed by atoms with Gasteiger partial charge in [0, 0.05) is 20.9 Å². The van der Waals surface area contributed by atoms with E-state index in [1.807, 2.05) is 0 Å². The van der Waals surface area contributed by atoms with Crippen molar-refractivity contribution >= 4 is 50.0 Å². The van der Waals surface area contributed by atoms with E-state index in [4.69, 9.17) is 20.3 Å². The first-order valence-corrected chi connectivity index (χ1v) is 10.1. The van der Waals surface area contributed by atoms with E-state index in [9.17, 15) is 4.57 Å². The summed E-state index contributed by atoms with van der Waals surface area (Å²) in [6.45, 7) is 1.32. The summed E-state index contributed by atoms with van der Waals surface area (Å²) in [5.41, 5.74) is 0. The van der Waals surface area contributed by atoms with E-state index in [-0.39, 0.29) is 9.65 Å². The fourth-order valence-corrected chi connectivity index (χ4v) is 3.89. The highest BCUT2D eigenvalue weighted by Crippen LogP contribution is 2.54. The summed E-state index contributed by atoms with van der Waals surface area (Å²) >= 11 is 12.5. The molecule has 0 rings (SSSR count). The summed E-state index contributed by atoms with van der Waals surface area (Å²) in [6, 6.07) is 0. The lowest BCUT2D eigenvalue weighted by Crippen LogP contribution is -2.10. The molecule has 0 bridgehead atoms. The Bertz CT molecular complexity index is 224. The van der Waals surface area contributed by atoms with Crippen molar-refractivity contribution in [2.45, 2.75) is 49.2 Å². The van der Waals surface area contributed by atoms with Crippen LogP contribution in [0.5, 0.6) is 0 Å². The van der Waals surface area contributed by atoms with E-state index in [0.717, 1.165) is 25.7 Å². The van der Waals surface area contributed by atoms with Crippen LogP contribution in [0.1, 0.15) is 39.5 Å². The van der Waals surface area contributed by atoms with E-state index < -0.39 is 6.95 Å². The number of halogens is 3. The van der Waals surface area contributed by atoms with Gasteiger partial charge in [0.15, 0.2) is 0 Å². The first-order valence-electron chi connectivity index (χ1n) is 5.78. The Morgan fingerprint density at radius 3 is 1.71 bits per heavy atom. The minimum Gasteiger partial charge on any atom is -0.296 e. The van der Waals surface area contributed by atoms with Gasteiger partial charge in [0.2, 0.25) is 0 Å². The second-order valence-electron chi connectivity index (χ2n) is 3.79. The van der Waals surface area contributed by atoms with Gasteiger partial charge < -0.3 is 0 Å². The van der Waals surface area contributed by atoms with Gasteiger partial charge in [-0.05, 0) is 12.8 Å². The third-order valence-electron chi connectivity index (χ3n) is 2.02. The zero-order valence-electron chi connectivity index (χ0n) is 10.2. The number of hydrogen-bond donors (Lipinski definition) is 0. The number of hydrogen-bond acceptors (Lipinski definition) is 3. The van der Waals surface area contributed by atoms with Crippen LogP contribution >= 0.6 is 50.0 Å². The fourth-order valence-electron chi connectivity index (χ4n) is 1.17. The zero-order chi connectivity index (χ0) is 13.3. The smallest absolute Gasteiger partial charge is 0.296 e. The van der Waals surface area contributed by atoms with E-state index in [2.05, 4.69) is 45.7 Å². The average Bonchev–Trinajstić information content (AvgIpc) is 2.25. The van der Waals surface area contributed by atoms with Crippen molar-refractivity contribution in [3.63, 3.8) is 0 Å². The maximum Gasteiger partial charge on any atom is 0.424 e. The van der Waals surface area contributed by atoms with Gasteiger partial charge in [0.25, 0.3) is 0 Å². The third kappa shape index (κ3) is 11.0. The lowest BCUT2D eigenvalue weighted by molar-refractivity contribution is 0.217. The monoisotopic (exact) mass is 412 g/mol. The van der Waals surface area contributed by atoms with E-state index >= 15 is 0 Å². The Kier molecular flexibility index (Phi) is 11.1. The van der Waals surface area contributed by atoms with Crippen molar-refractivity contribution in [2.75, 3.05) is 13.2 Å². The minimum atomic E-state index is -3.44. The molecule has 104 valence electrons. The molecule has 0 N–H and O–H groups in total. The summed E-state index contributed by atoms with van der Waals surface area (Å²) in [4.78, 5) is 0.331. The Morgan fingerprint density at radius 1 is 1.06 bits per heavy atom. The molecular formula is C10H20Br2ClO3P. The normalized spacial score (nSPS) is 18.6. The van der Waals surface area contributed by atoms with Gasteiger partial charge in [-0.25, -0.2) is 4.57 Å². The first kappa shape index (κ1) is 18.4. The predicted octanol–water partition coefficient (Wildman–Crippen LogP) is 5.49. The van der Waals surface area contributed by atoms with Crippen molar-refractivity contribution in [3.05, 3.63) is 0 Å². The second-order valence-corrected chi connectivity index (χ2v) is 9.00. The number of alkyl halides is 2. The third-order valence-corrected chi connectivity index (χ3v) is 4.97. The molecule has 0 aromatic rings. The minimum absolute atomic E-state index is 0.165. The van der Waals surface area contributed by atoms with Crippen LogP contribution in [0, 0.1) is 0 Å². The molecule has 3 nitrogen and oxygen atoms in total. The van der Waals surface area contributed by atoms with Crippen molar-refractivity contribution in [1.82, 2.24) is 0 Å². The number of rotatable bonds is 10. The highest BCUT2D eigenvalue weighted by molar-refractivity contribution is 9.09. The molecule has 0 aromatic carbocycles. The maximum atomic E-state index is 11.7. The van der Waals surface area contributed by atoms with E-state index in [1.54, 1.807) is 0 Å². The maximum absolute atomic E-state index is 11.7. The van der Waals surface area contributed by atoms with Gasteiger partial charge in [0.1, 0.15) is 0 Å². The van der Waals surface area contributed by atoms with E-state index in [0.29, 0.717) is 13.2 Å². The molecule has 0 saturated carbocycles. The molecule has 7 heteroatoms. The molecule has 2 atom stereocenters. The standard InChI is InChI=1S/C10H20Br2ClO3P/c1-3-5-9(11)7-15-17(13,14)16-8-10(12)6-4-2/h9-10H,3-8H2,1-2H3. The summed E-state index contributed by atoms with van der Waals surface area (Å²) < 4.78 is 21.9. The van der Waals surface area contributed by atoms with Crippen LogP contribution in [0.3, 0.4) is 0 Å². The van der Waals surface area contributed by atoms with Gasteiger partial charge in [-0.15, -0.1) is 0 Å². The molecular weight excluding hydrogens is 394 g/mol. The molecule has 0 spiro atoms. The van der Waals surface area contributed by atoms with Crippen molar-refractivity contribution < 1.29 is 13.6 Å². The molecule has 0 fully saturated rings. The van der Waals surface area contributed by atoms with E-state index in [1.165, 1.54) is 0 Å². The molecule has 0 radical (unpaired) electrons. The SMILES string of the molecule is CCCC(Br)COP(=O)(Cl)OCC(Br)CCC. The van der Waals surface area contributed by atoms with Crippen LogP contribution in [-0.4, -0.2) is 22.9 Å². The first-order chi connectivity index (χ1) is 7.91. The van der Waals surface area contributed by atoms with Gasteiger partial charge in [-0.2, -0.15) is 0 Å². The van der Waals surface area contributed by atoms with Gasteiger partial charge in [0.05, 0.1) is 13.2 Å². The van der Waals surface area contributed by atoms with Crippen LogP contribution in [-0.2, 0) is 13.6 Å². The highest BCUT2D eigenvalue weighted by atomic mass is 79.9. The van der Waals surface area contributed by atoms with Crippen LogP contribution < -0.4 is 0 Å². The average molecular weight is 415 g/mol. The van der Waals surface area contributed by atoms with Crippen molar-refractivity contribution in [2.24, 2.45) is 0 Å². The van der Waals surface area contributed by atoms with Gasteiger partial charge in [-0.3, -0.25) is 9.05 Å². The predicted molar refractivity (Wildman–Crippen MR) is 80.6 cm³/mol. The van der Waals surface area contributed by atoms with Crippen molar-refractivity contribution in [1.29, 1.82) is 0 Å². The van der Waals surface area contributed by atoms with Crippen LogP contribution in [0.2, 0.25) is 0 Å². The van der Waals surface area contributed by atoms with Crippen LogP contribution in [0.4, 0.5) is 0 Å².